The molecule has 2 aromatic rings. The van der Waals surface area contributed by atoms with Crippen molar-refractivity contribution in [3.05, 3.63) is 53.9 Å². The molecule has 2 rings (SSSR count). The van der Waals surface area contributed by atoms with Gasteiger partial charge in [-0.05, 0) is 18.1 Å². The molecule has 0 aliphatic heterocycles. The smallest absolute Gasteiger partial charge is 0.0492 e. The van der Waals surface area contributed by atoms with Crippen molar-refractivity contribution in [2.75, 3.05) is 19.6 Å². The third-order valence-corrected chi connectivity index (χ3v) is 2.96. The lowest BCUT2D eigenvalue weighted by molar-refractivity contribution is 0.273. The minimum atomic E-state index is 0.683. The molecule has 0 aliphatic rings. The molecule has 4 nitrogen and oxygen atoms in total. The summed E-state index contributed by atoms with van der Waals surface area (Å²) in [5.41, 5.74) is 8.16. The average Bonchev–Trinajstić information content (AvgIpc) is 2.90. The van der Waals surface area contributed by atoms with Crippen molar-refractivity contribution in [3.63, 3.8) is 0 Å². The van der Waals surface area contributed by atoms with Gasteiger partial charge in [0.15, 0.2) is 0 Å². The van der Waals surface area contributed by atoms with Gasteiger partial charge >= 0.3 is 0 Å². The van der Waals surface area contributed by atoms with E-state index in [9.17, 15) is 0 Å². The van der Waals surface area contributed by atoms with E-state index in [4.69, 9.17) is 5.73 Å². The van der Waals surface area contributed by atoms with Gasteiger partial charge in [0.05, 0.1) is 0 Å². The second kappa shape index (κ2) is 6.93. The lowest BCUT2D eigenvalue weighted by atomic mass is 10.1. The first-order valence-electron chi connectivity index (χ1n) is 6.33. The van der Waals surface area contributed by atoms with Crippen LogP contribution in [0.2, 0.25) is 0 Å². The molecule has 96 valence electrons. The molecule has 0 fully saturated rings. The van der Waals surface area contributed by atoms with Gasteiger partial charge in [-0.1, -0.05) is 30.3 Å². The summed E-state index contributed by atoms with van der Waals surface area (Å²) >= 11 is 0. The van der Waals surface area contributed by atoms with E-state index in [1.165, 1.54) is 5.56 Å². The van der Waals surface area contributed by atoms with E-state index >= 15 is 0 Å². The molecule has 0 aliphatic carbocycles. The van der Waals surface area contributed by atoms with Crippen LogP contribution in [0.1, 0.15) is 11.3 Å². The Morgan fingerprint density at radius 1 is 1.11 bits per heavy atom. The number of nitrogens with two attached hydrogens (primary N) is 1. The van der Waals surface area contributed by atoms with Gasteiger partial charge in [0, 0.05) is 38.1 Å². The van der Waals surface area contributed by atoms with E-state index in [0.717, 1.165) is 31.7 Å². The lowest BCUT2D eigenvalue weighted by Crippen LogP contribution is -2.31. The van der Waals surface area contributed by atoms with Crippen molar-refractivity contribution < 1.29 is 0 Å². The molecule has 0 bridgehead atoms. The Bertz CT molecular complexity index is 424. The van der Waals surface area contributed by atoms with Crippen LogP contribution in [0.3, 0.4) is 0 Å². The van der Waals surface area contributed by atoms with Gasteiger partial charge < -0.3 is 5.73 Å². The highest BCUT2D eigenvalue weighted by Crippen LogP contribution is 2.04. The van der Waals surface area contributed by atoms with Gasteiger partial charge in [-0.15, -0.1) is 0 Å². The summed E-state index contributed by atoms with van der Waals surface area (Å²) in [6.45, 7) is 3.49. The zero-order chi connectivity index (χ0) is 12.6. The second-order valence-corrected chi connectivity index (χ2v) is 4.38. The minimum Gasteiger partial charge on any atom is -0.329 e. The molecule has 1 aromatic heterocycles. The molecule has 0 atom stereocenters. The first-order chi connectivity index (χ1) is 8.88. The van der Waals surface area contributed by atoms with Crippen LogP contribution < -0.4 is 5.73 Å². The summed E-state index contributed by atoms with van der Waals surface area (Å²) in [4.78, 5) is 2.35. The first kappa shape index (κ1) is 12.8. The van der Waals surface area contributed by atoms with Gasteiger partial charge in [-0.3, -0.25) is 10.00 Å². The zero-order valence-electron chi connectivity index (χ0n) is 10.5. The van der Waals surface area contributed by atoms with Gasteiger partial charge in [-0.2, -0.15) is 5.10 Å². The molecule has 4 heteroatoms. The Kier molecular flexibility index (Phi) is 4.93. The van der Waals surface area contributed by atoms with Crippen molar-refractivity contribution in [2.45, 2.75) is 13.0 Å². The molecule has 0 spiro atoms. The number of H-pyrrole nitrogens is 1. The first-order valence-corrected chi connectivity index (χ1v) is 6.33. The Hall–Kier alpha value is -1.65. The van der Waals surface area contributed by atoms with E-state index in [1.54, 1.807) is 6.20 Å². The number of rotatable bonds is 7. The number of nitrogens with one attached hydrogen (secondary N) is 1. The summed E-state index contributed by atoms with van der Waals surface area (Å²) in [7, 11) is 0. The minimum absolute atomic E-state index is 0.683. The predicted octanol–water partition coefficient (Wildman–Crippen LogP) is 1.41. The third-order valence-electron chi connectivity index (χ3n) is 2.96. The summed E-state index contributed by atoms with van der Waals surface area (Å²) in [5, 5.41) is 6.96. The van der Waals surface area contributed by atoms with Crippen molar-refractivity contribution in [1.29, 1.82) is 0 Å². The summed E-state index contributed by atoms with van der Waals surface area (Å²) in [6.07, 6.45) is 2.84. The van der Waals surface area contributed by atoms with E-state index in [1.807, 2.05) is 12.1 Å². The van der Waals surface area contributed by atoms with Gasteiger partial charge in [0.1, 0.15) is 0 Å². The number of hydrogen-bond donors (Lipinski definition) is 2. The number of aromatic amines is 1. The van der Waals surface area contributed by atoms with E-state index < -0.39 is 0 Å². The molecule has 0 saturated heterocycles. The topological polar surface area (TPSA) is 57.9 Å². The van der Waals surface area contributed by atoms with Crippen LogP contribution in [0.15, 0.2) is 42.6 Å². The fourth-order valence-corrected chi connectivity index (χ4v) is 2.00. The summed E-state index contributed by atoms with van der Waals surface area (Å²) in [5.74, 6) is 0. The molecule has 0 saturated carbocycles. The largest absolute Gasteiger partial charge is 0.329 e. The molecule has 3 N–H and O–H groups in total. The SMILES string of the molecule is NCCN(CCc1ccccc1)Cc1ccn[nH]1. The third kappa shape index (κ3) is 3.98. The van der Waals surface area contributed by atoms with Crippen LogP contribution in [-0.2, 0) is 13.0 Å². The Morgan fingerprint density at radius 2 is 1.94 bits per heavy atom. The van der Waals surface area contributed by atoms with Crippen molar-refractivity contribution >= 4 is 0 Å². The number of benzene rings is 1. The molecule has 0 radical (unpaired) electrons. The highest BCUT2D eigenvalue weighted by Gasteiger charge is 2.06. The predicted molar refractivity (Wildman–Crippen MR) is 73.1 cm³/mol. The molecule has 1 aromatic carbocycles. The monoisotopic (exact) mass is 244 g/mol. The molecule has 0 amide bonds. The highest BCUT2D eigenvalue weighted by molar-refractivity contribution is 5.14. The summed E-state index contributed by atoms with van der Waals surface area (Å²) in [6, 6.07) is 12.5. The molecular weight excluding hydrogens is 224 g/mol. The fourth-order valence-electron chi connectivity index (χ4n) is 2.00. The highest BCUT2D eigenvalue weighted by atomic mass is 15.2. The lowest BCUT2D eigenvalue weighted by Gasteiger charge is -2.20. The quantitative estimate of drug-likeness (QED) is 0.774. The van der Waals surface area contributed by atoms with Gasteiger partial charge in [0.2, 0.25) is 0 Å². The maximum Gasteiger partial charge on any atom is 0.0492 e. The van der Waals surface area contributed by atoms with Crippen LogP contribution in [0.25, 0.3) is 0 Å². The molecule has 18 heavy (non-hydrogen) atoms. The number of nitrogens with zero attached hydrogens (tertiary/aromatic N) is 2. The standard InChI is InChI=1S/C14H20N4/c15-8-11-18(12-14-6-9-16-17-14)10-7-13-4-2-1-3-5-13/h1-6,9H,7-8,10-12,15H2,(H,16,17). The van der Waals surface area contributed by atoms with Gasteiger partial charge in [0.25, 0.3) is 0 Å². The van der Waals surface area contributed by atoms with Crippen LogP contribution in [0.5, 0.6) is 0 Å². The van der Waals surface area contributed by atoms with Crippen LogP contribution in [0, 0.1) is 0 Å². The molecule has 1 heterocycles. The zero-order valence-corrected chi connectivity index (χ0v) is 10.5. The number of aromatic nitrogens is 2. The molecule has 0 unspecified atom stereocenters. The van der Waals surface area contributed by atoms with Crippen LogP contribution in [0.4, 0.5) is 0 Å². The maximum absolute atomic E-state index is 5.66. The van der Waals surface area contributed by atoms with Crippen LogP contribution >= 0.6 is 0 Å². The maximum atomic E-state index is 5.66. The van der Waals surface area contributed by atoms with E-state index in [0.29, 0.717) is 6.54 Å². The molecular formula is C14H20N4. The van der Waals surface area contributed by atoms with Crippen molar-refractivity contribution in [2.24, 2.45) is 5.73 Å². The second-order valence-electron chi connectivity index (χ2n) is 4.38. The van der Waals surface area contributed by atoms with Crippen LogP contribution in [-0.4, -0.2) is 34.7 Å². The van der Waals surface area contributed by atoms with E-state index in [2.05, 4.69) is 39.4 Å². The Labute approximate surface area is 108 Å². The summed E-state index contributed by atoms with van der Waals surface area (Å²) < 4.78 is 0. The fraction of sp³-hybridized carbons (Fsp3) is 0.357. The normalized spacial score (nSPS) is 11.0. The van der Waals surface area contributed by atoms with Crippen molar-refractivity contribution in [1.82, 2.24) is 15.1 Å². The average molecular weight is 244 g/mol. The van der Waals surface area contributed by atoms with Crippen molar-refractivity contribution in [3.8, 4) is 0 Å². The Morgan fingerprint density at radius 3 is 2.61 bits per heavy atom. The number of hydrogen-bond acceptors (Lipinski definition) is 3. The Balaban J connectivity index is 1.86. The van der Waals surface area contributed by atoms with E-state index in [-0.39, 0.29) is 0 Å². The van der Waals surface area contributed by atoms with Gasteiger partial charge in [-0.25, -0.2) is 0 Å².